The molecule has 1 aliphatic rings. The lowest BCUT2D eigenvalue weighted by atomic mass is 9.65. The Labute approximate surface area is 111 Å². The van der Waals surface area contributed by atoms with Crippen LogP contribution in [0.2, 0.25) is 0 Å². The lowest BCUT2D eigenvalue weighted by molar-refractivity contribution is -0.0166. The van der Waals surface area contributed by atoms with Crippen LogP contribution in [-0.2, 0) is 0 Å². The third-order valence-corrected chi connectivity index (χ3v) is 5.04. The highest BCUT2D eigenvalue weighted by atomic mass is 19.3. The van der Waals surface area contributed by atoms with Crippen molar-refractivity contribution in [3.63, 3.8) is 0 Å². The summed E-state index contributed by atoms with van der Waals surface area (Å²) in [6.07, 6.45) is 2.91. The number of nitrogens with one attached hydrogen (secondary N) is 1. The van der Waals surface area contributed by atoms with Crippen LogP contribution in [0.3, 0.4) is 0 Å². The van der Waals surface area contributed by atoms with Gasteiger partial charge in [-0.05, 0) is 50.0 Å². The Hall–Kier alpha value is -0.180. The topological polar surface area (TPSA) is 12.0 Å². The van der Waals surface area contributed by atoms with E-state index in [2.05, 4.69) is 26.1 Å². The van der Waals surface area contributed by atoms with Crippen LogP contribution in [0.1, 0.15) is 66.2 Å². The van der Waals surface area contributed by atoms with Gasteiger partial charge in [0.05, 0.1) is 5.54 Å². The molecule has 1 saturated carbocycles. The summed E-state index contributed by atoms with van der Waals surface area (Å²) in [6, 6.07) is 0. The molecule has 0 aromatic rings. The Morgan fingerprint density at radius 3 is 2.17 bits per heavy atom. The van der Waals surface area contributed by atoms with Gasteiger partial charge >= 0.3 is 0 Å². The molecule has 1 nitrogen and oxygen atoms in total. The van der Waals surface area contributed by atoms with Crippen molar-refractivity contribution < 1.29 is 8.78 Å². The Morgan fingerprint density at radius 2 is 1.78 bits per heavy atom. The first-order valence-electron chi connectivity index (χ1n) is 7.41. The SMILES string of the molecule is CCCNC1(C(F)F)CCC(C(C)(C)CC)CC1. The Balaban J connectivity index is 2.63. The second kappa shape index (κ2) is 6.31. The molecular weight excluding hydrogens is 232 g/mol. The van der Waals surface area contributed by atoms with Crippen molar-refractivity contribution in [2.75, 3.05) is 6.54 Å². The number of hydrogen-bond donors (Lipinski definition) is 1. The molecule has 1 aliphatic carbocycles. The lowest BCUT2D eigenvalue weighted by Gasteiger charge is -2.45. The largest absolute Gasteiger partial charge is 0.306 e. The van der Waals surface area contributed by atoms with Crippen molar-refractivity contribution in [1.29, 1.82) is 0 Å². The maximum Gasteiger partial charge on any atom is 0.256 e. The molecule has 0 atom stereocenters. The predicted molar refractivity (Wildman–Crippen MR) is 73.1 cm³/mol. The molecule has 108 valence electrons. The monoisotopic (exact) mass is 261 g/mol. The Kier molecular flexibility index (Phi) is 5.57. The molecule has 1 N–H and O–H groups in total. The van der Waals surface area contributed by atoms with Crippen molar-refractivity contribution in [1.82, 2.24) is 5.32 Å². The van der Waals surface area contributed by atoms with Crippen LogP contribution in [0.15, 0.2) is 0 Å². The van der Waals surface area contributed by atoms with Crippen LogP contribution in [-0.4, -0.2) is 18.5 Å². The highest BCUT2D eigenvalue weighted by Gasteiger charge is 2.44. The van der Waals surface area contributed by atoms with Gasteiger partial charge in [-0.25, -0.2) is 8.78 Å². The van der Waals surface area contributed by atoms with Gasteiger partial charge in [0, 0.05) is 0 Å². The summed E-state index contributed by atoms with van der Waals surface area (Å²) in [6.45, 7) is 9.47. The standard InChI is InChI=1S/C15H29F2N/c1-5-11-18-15(13(16)17)9-7-12(8-10-15)14(3,4)6-2/h12-13,18H,5-11H2,1-4H3. The van der Waals surface area contributed by atoms with Crippen molar-refractivity contribution in [2.24, 2.45) is 11.3 Å². The molecule has 0 unspecified atom stereocenters. The van der Waals surface area contributed by atoms with E-state index in [1.54, 1.807) is 0 Å². The normalized spacial score (nSPS) is 29.8. The van der Waals surface area contributed by atoms with Gasteiger partial charge in [-0.1, -0.05) is 34.1 Å². The second-order valence-electron chi connectivity index (χ2n) is 6.50. The number of halogens is 2. The minimum atomic E-state index is -2.24. The van der Waals surface area contributed by atoms with Crippen LogP contribution in [0, 0.1) is 11.3 Å². The molecule has 0 saturated heterocycles. The predicted octanol–water partition coefficient (Wildman–Crippen LogP) is 4.62. The average Bonchev–Trinajstić information content (AvgIpc) is 2.36. The summed E-state index contributed by atoms with van der Waals surface area (Å²) in [5.41, 5.74) is -0.616. The zero-order valence-electron chi connectivity index (χ0n) is 12.4. The van der Waals surface area contributed by atoms with E-state index in [1.165, 1.54) is 0 Å². The smallest absolute Gasteiger partial charge is 0.256 e. The van der Waals surface area contributed by atoms with Gasteiger partial charge in [0.1, 0.15) is 0 Å². The molecule has 0 aromatic heterocycles. The first-order chi connectivity index (χ1) is 8.38. The van der Waals surface area contributed by atoms with E-state index in [4.69, 9.17) is 0 Å². The summed E-state index contributed by atoms with van der Waals surface area (Å²) in [5, 5.41) is 3.12. The van der Waals surface area contributed by atoms with Crippen LogP contribution < -0.4 is 5.32 Å². The van der Waals surface area contributed by atoms with E-state index in [0.717, 1.165) is 25.7 Å². The molecule has 0 aromatic carbocycles. The summed E-state index contributed by atoms with van der Waals surface area (Å²) in [5.74, 6) is 0.595. The lowest BCUT2D eigenvalue weighted by Crippen LogP contribution is -2.54. The van der Waals surface area contributed by atoms with Crippen molar-refractivity contribution >= 4 is 0 Å². The van der Waals surface area contributed by atoms with Crippen LogP contribution in [0.5, 0.6) is 0 Å². The molecular formula is C15H29F2N. The van der Waals surface area contributed by atoms with Crippen LogP contribution in [0.4, 0.5) is 8.78 Å². The summed E-state index contributed by atoms with van der Waals surface area (Å²) in [4.78, 5) is 0. The summed E-state index contributed by atoms with van der Waals surface area (Å²) >= 11 is 0. The molecule has 0 amide bonds. The van der Waals surface area contributed by atoms with Gasteiger partial charge < -0.3 is 5.32 Å². The third-order valence-electron chi connectivity index (χ3n) is 5.04. The van der Waals surface area contributed by atoms with Gasteiger partial charge in [0.25, 0.3) is 6.43 Å². The number of rotatable bonds is 6. The Bertz CT molecular complexity index is 243. The van der Waals surface area contributed by atoms with E-state index in [9.17, 15) is 8.78 Å². The van der Waals surface area contributed by atoms with Crippen LogP contribution in [0.25, 0.3) is 0 Å². The quantitative estimate of drug-likeness (QED) is 0.736. The van der Waals surface area contributed by atoms with E-state index < -0.39 is 12.0 Å². The molecule has 18 heavy (non-hydrogen) atoms. The third kappa shape index (κ3) is 3.43. The van der Waals surface area contributed by atoms with Gasteiger partial charge in [0.2, 0.25) is 0 Å². The second-order valence-corrected chi connectivity index (χ2v) is 6.50. The molecule has 0 heterocycles. The maximum absolute atomic E-state index is 13.3. The minimum absolute atomic E-state index is 0.291. The van der Waals surface area contributed by atoms with E-state index in [0.29, 0.717) is 30.7 Å². The average molecular weight is 261 g/mol. The summed E-state index contributed by atoms with van der Waals surface area (Å²) < 4.78 is 26.7. The highest BCUT2D eigenvalue weighted by molar-refractivity contribution is 4.97. The highest BCUT2D eigenvalue weighted by Crippen LogP contribution is 2.45. The minimum Gasteiger partial charge on any atom is -0.306 e. The first kappa shape index (κ1) is 15.9. The maximum atomic E-state index is 13.3. The molecule has 0 aliphatic heterocycles. The fraction of sp³-hybridized carbons (Fsp3) is 1.00. The molecule has 0 bridgehead atoms. The van der Waals surface area contributed by atoms with Gasteiger partial charge in [-0.15, -0.1) is 0 Å². The zero-order valence-corrected chi connectivity index (χ0v) is 12.4. The van der Waals surface area contributed by atoms with E-state index >= 15 is 0 Å². The van der Waals surface area contributed by atoms with Gasteiger partial charge in [0.15, 0.2) is 0 Å². The van der Waals surface area contributed by atoms with Gasteiger partial charge in [-0.3, -0.25) is 0 Å². The Morgan fingerprint density at radius 1 is 1.22 bits per heavy atom. The van der Waals surface area contributed by atoms with Crippen molar-refractivity contribution in [3.8, 4) is 0 Å². The van der Waals surface area contributed by atoms with Gasteiger partial charge in [-0.2, -0.15) is 0 Å². The number of alkyl halides is 2. The molecule has 0 spiro atoms. The van der Waals surface area contributed by atoms with E-state index in [1.807, 2.05) is 6.92 Å². The van der Waals surface area contributed by atoms with E-state index in [-0.39, 0.29) is 0 Å². The molecule has 1 fully saturated rings. The van der Waals surface area contributed by atoms with Crippen molar-refractivity contribution in [3.05, 3.63) is 0 Å². The zero-order chi connectivity index (χ0) is 13.8. The summed E-state index contributed by atoms with van der Waals surface area (Å²) in [7, 11) is 0. The molecule has 3 heteroatoms. The first-order valence-corrected chi connectivity index (χ1v) is 7.41. The fourth-order valence-corrected chi connectivity index (χ4v) is 3.05. The fourth-order valence-electron chi connectivity index (χ4n) is 3.05. The number of hydrogen-bond acceptors (Lipinski definition) is 1. The van der Waals surface area contributed by atoms with Crippen molar-refractivity contribution in [2.45, 2.75) is 78.2 Å². The molecule has 1 rings (SSSR count). The molecule has 0 radical (unpaired) electrons. The van der Waals surface area contributed by atoms with Crippen LogP contribution >= 0.6 is 0 Å².